The lowest BCUT2D eigenvalue weighted by Crippen LogP contribution is -2.36. The molecule has 0 aromatic carbocycles. The van der Waals surface area contributed by atoms with Gasteiger partial charge < -0.3 is 4.90 Å². The van der Waals surface area contributed by atoms with Crippen LogP contribution in [-0.4, -0.2) is 36.0 Å². The van der Waals surface area contributed by atoms with Crippen LogP contribution in [0.2, 0.25) is 0 Å². The zero-order valence-corrected chi connectivity index (χ0v) is 11.0. The van der Waals surface area contributed by atoms with E-state index in [0.717, 1.165) is 31.3 Å². The van der Waals surface area contributed by atoms with Crippen LogP contribution in [0.25, 0.3) is 0 Å². The highest BCUT2D eigenvalue weighted by Crippen LogP contribution is 2.24. The van der Waals surface area contributed by atoms with Gasteiger partial charge in [-0.25, -0.2) is 0 Å². The molecule has 1 aliphatic heterocycles. The van der Waals surface area contributed by atoms with E-state index in [9.17, 15) is 13.2 Å². The normalized spacial score (nSPS) is 23.6. The van der Waals surface area contributed by atoms with Gasteiger partial charge >= 0.3 is 6.18 Å². The maximum Gasteiger partial charge on any atom is 0.389 e. The summed E-state index contributed by atoms with van der Waals surface area (Å²) in [5, 5.41) is 0.994. The summed E-state index contributed by atoms with van der Waals surface area (Å²) in [7, 11) is 0. The summed E-state index contributed by atoms with van der Waals surface area (Å²) in [5.41, 5.74) is 0. The van der Waals surface area contributed by atoms with E-state index in [2.05, 4.69) is 20.8 Å². The van der Waals surface area contributed by atoms with E-state index in [0.29, 0.717) is 12.5 Å². The van der Waals surface area contributed by atoms with Gasteiger partial charge in [0.15, 0.2) is 0 Å². The van der Waals surface area contributed by atoms with Gasteiger partial charge in [0.25, 0.3) is 0 Å². The molecule has 16 heavy (non-hydrogen) atoms. The fraction of sp³-hybridized carbons (Fsp3) is 1.00. The Hall–Kier alpha value is 0.230. The van der Waals surface area contributed by atoms with Crippen molar-refractivity contribution >= 4 is 15.9 Å². The van der Waals surface area contributed by atoms with Crippen LogP contribution in [0.3, 0.4) is 0 Å². The van der Waals surface area contributed by atoms with E-state index in [-0.39, 0.29) is 6.42 Å². The fourth-order valence-corrected chi connectivity index (χ4v) is 2.89. The molecule has 1 fully saturated rings. The van der Waals surface area contributed by atoms with Crippen LogP contribution in [0.4, 0.5) is 13.2 Å². The topological polar surface area (TPSA) is 3.24 Å². The second-order valence-corrected chi connectivity index (χ2v) is 5.30. The lowest BCUT2D eigenvalue weighted by Gasteiger charge is -2.32. The van der Waals surface area contributed by atoms with Gasteiger partial charge in [-0.15, -0.1) is 0 Å². The Morgan fingerprint density at radius 2 is 2.06 bits per heavy atom. The smallest absolute Gasteiger partial charge is 0.303 e. The van der Waals surface area contributed by atoms with Gasteiger partial charge in [0, 0.05) is 18.3 Å². The molecule has 0 aromatic rings. The quantitative estimate of drug-likeness (QED) is 0.698. The molecule has 1 rings (SSSR count). The second-order valence-electron chi connectivity index (χ2n) is 4.51. The van der Waals surface area contributed by atoms with Crippen LogP contribution in [0, 0.1) is 5.92 Å². The van der Waals surface area contributed by atoms with E-state index in [1.54, 1.807) is 0 Å². The number of rotatable bonds is 5. The Morgan fingerprint density at radius 3 is 2.69 bits per heavy atom. The molecule has 96 valence electrons. The molecule has 1 saturated heterocycles. The van der Waals surface area contributed by atoms with E-state index in [4.69, 9.17) is 0 Å². The van der Waals surface area contributed by atoms with Crippen LogP contribution in [-0.2, 0) is 0 Å². The third-order valence-corrected chi connectivity index (χ3v) is 3.51. The van der Waals surface area contributed by atoms with Crippen molar-refractivity contribution in [3.63, 3.8) is 0 Å². The average Bonchev–Trinajstić information content (AvgIpc) is 2.17. The number of nitrogens with zero attached hydrogens (tertiary/aromatic N) is 1. The zero-order chi connectivity index (χ0) is 12.0. The summed E-state index contributed by atoms with van der Waals surface area (Å²) in [6, 6.07) is 0. The average molecular weight is 302 g/mol. The Bertz CT molecular complexity index is 194. The van der Waals surface area contributed by atoms with Crippen molar-refractivity contribution in [3.8, 4) is 0 Å². The van der Waals surface area contributed by atoms with Crippen molar-refractivity contribution in [2.24, 2.45) is 5.92 Å². The van der Waals surface area contributed by atoms with Crippen molar-refractivity contribution in [1.29, 1.82) is 0 Å². The van der Waals surface area contributed by atoms with E-state index >= 15 is 0 Å². The molecule has 0 N–H and O–H groups in total. The van der Waals surface area contributed by atoms with Crippen molar-refractivity contribution in [3.05, 3.63) is 0 Å². The predicted molar refractivity (Wildman–Crippen MR) is 62.9 cm³/mol. The van der Waals surface area contributed by atoms with Gasteiger partial charge in [-0.2, -0.15) is 13.2 Å². The molecule has 5 heteroatoms. The zero-order valence-electron chi connectivity index (χ0n) is 9.40. The number of alkyl halides is 4. The molecule has 1 aliphatic rings. The first-order chi connectivity index (χ1) is 7.51. The molecule has 0 bridgehead atoms. The number of halogens is 4. The third kappa shape index (κ3) is 6.09. The molecule has 1 unspecified atom stereocenters. The molecule has 1 atom stereocenters. The molecule has 0 amide bonds. The monoisotopic (exact) mass is 301 g/mol. The minimum absolute atomic E-state index is 0.241. The highest BCUT2D eigenvalue weighted by atomic mass is 79.9. The highest BCUT2D eigenvalue weighted by molar-refractivity contribution is 9.09. The SMILES string of the molecule is FC(F)(F)CCCN1CCCC(CCBr)C1. The van der Waals surface area contributed by atoms with Gasteiger partial charge in [-0.3, -0.25) is 0 Å². The van der Waals surface area contributed by atoms with Crippen LogP contribution in [0.5, 0.6) is 0 Å². The van der Waals surface area contributed by atoms with Crippen molar-refractivity contribution in [2.45, 2.75) is 38.3 Å². The summed E-state index contributed by atoms with van der Waals surface area (Å²) in [4.78, 5) is 2.18. The molecule has 0 saturated carbocycles. The van der Waals surface area contributed by atoms with E-state index in [1.807, 2.05) is 0 Å². The molecule has 1 nitrogen and oxygen atoms in total. The van der Waals surface area contributed by atoms with Crippen molar-refractivity contribution in [1.82, 2.24) is 4.90 Å². The number of likely N-dealkylation sites (tertiary alicyclic amines) is 1. The molecule has 1 heterocycles. The van der Waals surface area contributed by atoms with Crippen LogP contribution >= 0.6 is 15.9 Å². The van der Waals surface area contributed by atoms with Crippen molar-refractivity contribution in [2.75, 3.05) is 25.0 Å². The summed E-state index contributed by atoms with van der Waals surface area (Å²) in [5.74, 6) is 0.666. The molecular formula is C11H19BrF3N. The van der Waals surface area contributed by atoms with Crippen LogP contribution in [0.15, 0.2) is 0 Å². The van der Waals surface area contributed by atoms with E-state index < -0.39 is 12.6 Å². The van der Waals surface area contributed by atoms with Gasteiger partial charge in [0.1, 0.15) is 0 Å². The maximum atomic E-state index is 12.0. The molecule has 0 aliphatic carbocycles. The Balaban J connectivity index is 2.16. The molecule has 0 radical (unpaired) electrons. The lowest BCUT2D eigenvalue weighted by molar-refractivity contribution is -0.136. The minimum Gasteiger partial charge on any atom is -0.303 e. The Morgan fingerprint density at radius 1 is 1.31 bits per heavy atom. The van der Waals surface area contributed by atoms with Crippen LogP contribution < -0.4 is 0 Å². The summed E-state index contributed by atoms with van der Waals surface area (Å²) in [6.07, 6.45) is -0.914. The highest BCUT2D eigenvalue weighted by Gasteiger charge is 2.27. The maximum absolute atomic E-state index is 12.0. The number of hydrogen-bond acceptors (Lipinski definition) is 1. The van der Waals surface area contributed by atoms with Crippen molar-refractivity contribution < 1.29 is 13.2 Å². The summed E-state index contributed by atoms with van der Waals surface area (Å²) < 4.78 is 35.9. The third-order valence-electron chi connectivity index (χ3n) is 3.06. The first-order valence-electron chi connectivity index (χ1n) is 5.86. The molecular weight excluding hydrogens is 283 g/mol. The number of piperidine rings is 1. The molecule has 0 spiro atoms. The Labute approximate surface area is 104 Å². The second kappa shape index (κ2) is 6.84. The largest absolute Gasteiger partial charge is 0.389 e. The minimum atomic E-state index is -3.99. The van der Waals surface area contributed by atoms with Gasteiger partial charge in [-0.1, -0.05) is 15.9 Å². The van der Waals surface area contributed by atoms with E-state index in [1.165, 1.54) is 6.42 Å². The van der Waals surface area contributed by atoms with Crippen LogP contribution in [0.1, 0.15) is 32.1 Å². The first-order valence-corrected chi connectivity index (χ1v) is 6.98. The first kappa shape index (κ1) is 14.3. The molecule has 0 aromatic heterocycles. The summed E-state index contributed by atoms with van der Waals surface area (Å²) >= 11 is 3.42. The standard InChI is InChI=1S/C11H19BrF3N/c12-6-4-10-3-1-7-16(9-10)8-2-5-11(13,14)15/h10H,1-9H2. The van der Waals surface area contributed by atoms with Gasteiger partial charge in [0.05, 0.1) is 0 Å². The lowest BCUT2D eigenvalue weighted by atomic mass is 9.95. The fourth-order valence-electron chi connectivity index (χ4n) is 2.25. The van der Waals surface area contributed by atoms with Gasteiger partial charge in [0.2, 0.25) is 0 Å². The number of hydrogen-bond donors (Lipinski definition) is 0. The van der Waals surface area contributed by atoms with Gasteiger partial charge in [-0.05, 0) is 44.7 Å². The summed E-state index contributed by atoms with van der Waals surface area (Å²) in [6.45, 7) is 2.54. The Kier molecular flexibility index (Phi) is 6.11. The predicted octanol–water partition coefficient (Wildman–Crippen LogP) is 3.83.